The number of amides is 1. The zero-order valence-corrected chi connectivity index (χ0v) is 15.0. The number of carbonyl (C=O) groups is 2. The van der Waals surface area contributed by atoms with Crippen LogP contribution >= 0.6 is 0 Å². The number of hydrogen-bond donors (Lipinski definition) is 1. The Hall–Kier alpha value is -3.73. The Bertz CT molecular complexity index is 1160. The molecule has 0 aliphatic carbocycles. The third-order valence-electron chi connectivity index (χ3n) is 4.46. The van der Waals surface area contributed by atoms with Crippen LogP contribution in [0, 0.1) is 5.82 Å². The van der Waals surface area contributed by atoms with E-state index in [0.29, 0.717) is 22.6 Å². The van der Waals surface area contributed by atoms with Gasteiger partial charge in [0.25, 0.3) is 5.91 Å². The predicted octanol–water partition coefficient (Wildman–Crippen LogP) is 5.69. The Labute approximate surface area is 160 Å². The van der Waals surface area contributed by atoms with Gasteiger partial charge in [-0.2, -0.15) is 0 Å². The van der Waals surface area contributed by atoms with Crippen molar-refractivity contribution < 1.29 is 18.4 Å². The molecule has 1 aromatic heterocycles. The lowest BCUT2D eigenvalue weighted by Gasteiger charge is -2.11. The molecule has 28 heavy (non-hydrogen) atoms. The highest BCUT2D eigenvalue weighted by Crippen LogP contribution is 2.31. The fraction of sp³-hybridized carbons (Fsp3) is 0.0435. The van der Waals surface area contributed by atoms with Crippen molar-refractivity contribution in [3.05, 3.63) is 89.7 Å². The van der Waals surface area contributed by atoms with E-state index in [-0.39, 0.29) is 5.78 Å². The van der Waals surface area contributed by atoms with Crippen molar-refractivity contribution in [2.75, 3.05) is 5.32 Å². The number of halogens is 1. The molecule has 138 valence electrons. The highest BCUT2D eigenvalue weighted by molar-refractivity contribution is 6.09. The Kier molecular flexibility index (Phi) is 4.49. The molecule has 0 unspecified atom stereocenters. The van der Waals surface area contributed by atoms with E-state index >= 15 is 0 Å². The lowest BCUT2D eigenvalue weighted by Crippen LogP contribution is -2.14. The topological polar surface area (TPSA) is 59.3 Å². The SMILES string of the molecule is CC(=O)c1ccc(-c2cc3ccccc3o2)cc1NC(=O)c1ccc(F)cc1. The van der Waals surface area contributed by atoms with E-state index < -0.39 is 11.7 Å². The Morgan fingerprint density at radius 1 is 0.929 bits per heavy atom. The normalized spacial score (nSPS) is 10.8. The van der Waals surface area contributed by atoms with Gasteiger partial charge in [0.1, 0.15) is 17.2 Å². The fourth-order valence-corrected chi connectivity index (χ4v) is 3.03. The van der Waals surface area contributed by atoms with E-state index in [1.54, 1.807) is 18.2 Å². The number of para-hydroxylation sites is 1. The summed E-state index contributed by atoms with van der Waals surface area (Å²) in [6, 6.07) is 19.9. The van der Waals surface area contributed by atoms with Crippen molar-refractivity contribution in [2.24, 2.45) is 0 Å². The first kappa shape index (κ1) is 17.7. The van der Waals surface area contributed by atoms with Gasteiger partial charge in [-0.25, -0.2) is 4.39 Å². The number of carbonyl (C=O) groups excluding carboxylic acids is 2. The highest BCUT2D eigenvalue weighted by atomic mass is 19.1. The number of fused-ring (bicyclic) bond motifs is 1. The number of benzene rings is 3. The average molecular weight is 373 g/mol. The van der Waals surface area contributed by atoms with Crippen LogP contribution < -0.4 is 5.32 Å². The van der Waals surface area contributed by atoms with Crippen LogP contribution in [0.25, 0.3) is 22.3 Å². The minimum atomic E-state index is -0.427. The molecule has 0 bridgehead atoms. The molecule has 1 heterocycles. The molecule has 0 radical (unpaired) electrons. The van der Waals surface area contributed by atoms with Crippen LogP contribution in [0.15, 0.2) is 77.2 Å². The summed E-state index contributed by atoms with van der Waals surface area (Å²) in [5, 5.41) is 3.71. The van der Waals surface area contributed by atoms with Crippen LogP contribution in [0.3, 0.4) is 0 Å². The van der Waals surface area contributed by atoms with Crippen LogP contribution in [0.1, 0.15) is 27.6 Å². The number of Topliss-reactive ketones (excluding diaryl/α,β-unsaturated/α-hetero) is 1. The molecule has 0 spiro atoms. The predicted molar refractivity (Wildman–Crippen MR) is 106 cm³/mol. The summed E-state index contributed by atoms with van der Waals surface area (Å²) in [6.07, 6.45) is 0. The van der Waals surface area contributed by atoms with E-state index in [1.165, 1.54) is 31.2 Å². The monoisotopic (exact) mass is 373 g/mol. The molecule has 3 aromatic carbocycles. The highest BCUT2D eigenvalue weighted by Gasteiger charge is 2.15. The molecule has 0 saturated carbocycles. The minimum Gasteiger partial charge on any atom is -0.456 e. The molecule has 5 heteroatoms. The van der Waals surface area contributed by atoms with Crippen molar-refractivity contribution in [3.8, 4) is 11.3 Å². The van der Waals surface area contributed by atoms with Crippen molar-refractivity contribution in [3.63, 3.8) is 0 Å². The molecule has 4 aromatic rings. The van der Waals surface area contributed by atoms with Gasteiger partial charge in [-0.1, -0.05) is 24.3 Å². The lowest BCUT2D eigenvalue weighted by molar-refractivity contribution is 0.101. The van der Waals surface area contributed by atoms with Crippen LogP contribution in [0.5, 0.6) is 0 Å². The van der Waals surface area contributed by atoms with Gasteiger partial charge in [0.15, 0.2) is 5.78 Å². The largest absolute Gasteiger partial charge is 0.456 e. The summed E-state index contributed by atoms with van der Waals surface area (Å²) in [5.74, 6) is -0.392. The first-order valence-electron chi connectivity index (χ1n) is 8.72. The summed E-state index contributed by atoms with van der Waals surface area (Å²) in [7, 11) is 0. The van der Waals surface area contributed by atoms with Gasteiger partial charge >= 0.3 is 0 Å². The number of ketones is 1. The summed E-state index contributed by atoms with van der Waals surface area (Å²) < 4.78 is 19.0. The van der Waals surface area contributed by atoms with E-state index in [2.05, 4.69) is 5.32 Å². The van der Waals surface area contributed by atoms with E-state index in [4.69, 9.17) is 4.42 Å². The molecule has 1 amide bonds. The third-order valence-corrected chi connectivity index (χ3v) is 4.46. The van der Waals surface area contributed by atoms with Gasteiger partial charge in [-0.3, -0.25) is 9.59 Å². The molecule has 0 saturated heterocycles. The number of nitrogens with one attached hydrogen (secondary N) is 1. The second-order valence-corrected chi connectivity index (χ2v) is 6.43. The molecule has 0 aliphatic heterocycles. The minimum absolute atomic E-state index is 0.175. The molecule has 4 nitrogen and oxygen atoms in total. The number of furan rings is 1. The molecular formula is C23H16FNO3. The molecular weight excluding hydrogens is 357 g/mol. The van der Waals surface area contributed by atoms with Crippen LogP contribution in [-0.2, 0) is 0 Å². The first-order chi connectivity index (χ1) is 13.5. The van der Waals surface area contributed by atoms with Crippen molar-refractivity contribution in [2.45, 2.75) is 6.92 Å². The number of anilines is 1. The Balaban J connectivity index is 1.72. The van der Waals surface area contributed by atoms with E-state index in [0.717, 1.165) is 16.5 Å². The van der Waals surface area contributed by atoms with Gasteiger partial charge in [0.2, 0.25) is 0 Å². The molecule has 0 aliphatic rings. The molecule has 0 atom stereocenters. The summed E-state index contributed by atoms with van der Waals surface area (Å²) >= 11 is 0. The summed E-state index contributed by atoms with van der Waals surface area (Å²) in [5.41, 5.74) is 2.54. The zero-order chi connectivity index (χ0) is 19.7. The molecule has 1 N–H and O–H groups in total. The first-order valence-corrected chi connectivity index (χ1v) is 8.72. The van der Waals surface area contributed by atoms with Gasteiger partial charge in [0, 0.05) is 22.1 Å². The Morgan fingerprint density at radius 3 is 2.39 bits per heavy atom. The van der Waals surface area contributed by atoms with Crippen LogP contribution in [0.2, 0.25) is 0 Å². The van der Waals surface area contributed by atoms with Crippen molar-refractivity contribution in [1.82, 2.24) is 0 Å². The van der Waals surface area contributed by atoms with Gasteiger partial charge in [-0.05, 0) is 55.5 Å². The average Bonchev–Trinajstić information content (AvgIpc) is 3.12. The summed E-state index contributed by atoms with van der Waals surface area (Å²) in [6.45, 7) is 1.43. The smallest absolute Gasteiger partial charge is 0.255 e. The van der Waals surface area contributed by atoms with Crippen molar-refractivity contribution in [1.29, 1.82) is 0 Å². The zero-order valence-electron chi connectivity index (χ0n) is 15.0. The van der Waals surface area contributed by atoms with Gasteiger partial charge in [-0.15, -0.1) is 0 Å². The van der Waals surface area contributed by atoms with Gasteiger partial charge in [0.05, 0.1) is 5.69 Å². The maximum atomic E-state index is 13.1. The van der Waals surface area contributed by atoms with Crippen LogP contribution in [-0.4, -0.2) is 11.7 Å². The molecule has 0 fully saturated rings. The molecule has 4 rings (SSSR count). The number of hydrogen-bond acceptors (Lipinski definition) is 3. The second kappa shape index (κ2) is 7.12. The standard InChI is InChI=1S/C23H16FNO3/c1-14(26)19-11-8-17(22-13-16-4-2-3-5-21(16)28-22)12-20(19)25-23(27)15-6-9-18(24)10-7-15/h2-13H,1H3,(H,25,27). The second-order valence-electron chi connectivity index (χ2n) is 6.43. The lowest BCUT2D eigenvalue weighted by atomic mass is 10.0. The summed E-state index contributed by atoms with van der Waals surface area (Å²) in [4.78, 5) is 24.5. The third kappa shape index (κ3) is 3.42. The van der Waals surface area contributed by atoms with E-state index in [1.807, 2.05) is 30.3 Å². The fourth-order valence-electron chi connectivity index (χ4n) is 3.03. The number of rotatable bonds is 4. The Morgan fingerprint density at radius 2 is 1.68 bits per heavy atom. The maximum absolute atomic E-state index is 13.1. The van der Waals surface area contributed by atoms with E-state index in [9.17, 15) is 14.0 Å². The van der Waals surface area contributed by atoms with Crippen molar-refractivity contribution >= 4 is 28.3 Å². The van der Waals surface area contributed by atoms with Crippen LogP contribution in [0.4, 0.5) is 10.1 Å². The maximum Gasteiger partial charge on any atom is 0.255 e. The quantitative estimate of drug-likeness (QED) is 0.467. The van der Waals surface area contributed by atoms with Gasteiger partial charge < -0.3 is 9.73 Å².